The van der Waals surface area contributed by atoms with Crippen molar-refractivity contribution in [1.82, 2.24) is 15.0 Å². The van der Waals surface area contributed by atoms with E-state index in [2.05, 4.69) is 97.6 Å². The normalized spacial score (nSPS) is 12.9. The number of halogens is 10. The van der Waals surface area contributed by atoms with Gasteiger partial charge in [-0.15, -0.1) is 26.3 Å². The predicted octanol–water partition coefficient (Wildman–Crippen LogP) is 9.57. The molecule has 3 amide bonds. The molecule has 3 aromatic heterocycles. The molecule has 16 nitrogen and oxygen atoms in total. The first kappa shape index (κ1) is 49.8. The molecule has 0 fully saturated rings. The molecule has 324 valence electrons. The summed E-state index contributed by atoms with van der Waals surface area (Å²) in [5, 5.41) is 13.3. The number of carbonyl (C=O) groups excluding carboxylic acids is 3. The molecule has 0 unspecified atom stereocenters. The number of alkyl halides is 7. The molecule has 4 aromatic rings. The van der Waals surface area contributed by atoms with Crippen molar-refractivity contribution in [2.45, 2.75) is 32.2 Å². The molecule has 0 spiro atoms. The standard InChI is InChI=1S/C10H13IO.2C8H6F4N2O3.C7H7BrN2O3/c1-10(2)8-6-4-5-7-9(8)11(3)12-10;1-16-7(15)14-4-3-13-6(9)2-5(4)17-8(10,11)12;1-16-7(15)13-4-2-3-5(9)14-6(4)17-8(10,11)12;1-13-7(11)10(12)5-2-3-6(8)9-4-5/h4-7H,1-3H3;2-3H,1H3,(H,14,15);2-3H,1H3,(H,13,15);2-4,12H,1H3. The van der Waals surface area contributed by atoms with Crippen LogP contribution in [-0.4, -0.2) is 77.4 Å². The van der Waals surface area contributed by atoms with E-state index >= 15 is 0 Å². The molecule has 0 saturated carbocycles. The number of anilines is 3. The Bertz CT molecular complexity index is 1960. The van der Waals surface area contributed by atoms with Crippen LogP contribution in [0.4, 0.5) is 66.6 Å². The molecule has 26 heteroatoms. The molecule has 1 aliphatic heterocycles. The Morgan fingerprint density at radius 1 is 0.814 bits per heavy atom. The smallest absolute Gasteiger partial charge is 0.453 e. The van der Waals surface area contributed by atoms with E-state index < -0.39 is 86.1 Å². The molecule has 1 aliphatic rings. The van der Waals surface area contributed by atoms with Gasteiger partial charge in [0.15, 0.2) is 5.75 Å². The number of carbonyl (C=O) groups is 3. The van der Waals surface area contributed by atoms with Gasteiger partial charge in [0, 0.05) is 6.07 Å². The SMILES string of the molecule is CI1OC(C)(C)c2ccccc21.COC(=O)N(O)c1ccc(Br)nc1.COC(=O)Nc1ccc(F)nc1OC(F)(F)F.COC(=O)Nc1cnc(F)cc1OC(F)(F)F. The van der Waals surface area contributed by atoms with Gasteiger partial charge >= 0.3 is 112 Å². The Morgan fingerprint density at radius 3 is 1.93 bits per heavy atom. The largest absolute Gasteiger partial charge is 0.574 e. The summed E-state index contributed by atoms with van der Waals surface area (Å²) in [5.41, 5.74) is 0.690. The van der Waals surface area contributed by atoms with Gasteiger partial charge in [-0.2, -0.15) is 18.8 Å². The van der Waals surface area contributed by atoms with Crippen molar-refractivity contribution in [3.63, 3.8) is 0 Å². The van der Waals surface area contributed by atoms with Gasteiger partial charge in [0.1, 0.15) is 16.0 Å². The van der Waals surface area contributed by atoms with E-state index in [1.807, 2.05) is 10.6 Å². The van der Waals surface area contributed by atoms with Crippen molar-refractivity contribution in [2.24, 2.45) is 0 Å². The number of ether oxygens (including phenoxy) is 5. The van der Waals surface area contributed by atoms with Crippen molar-refractivity contribution >= 4 is 71.5 Å². The van der Waals surface area contributed by atoms with E-state index in [-0.39, 0.29) is 11.3 Å². The Hall–Kier alpha value is -5.35. The summed E-state index contributed by atoms with van der Waals surface area (Å²) < 4.78 is 125. The number of hydrogen-bond acceptors (Lipinski definition) is 13. The second-order valence-electron chi connectivity index (χ2n) is 10.9. The molecule has 0 bridgehead atoms. The van der Waals surface area contributed by atoms with Crippen molar-refractivity contribution in [3.8, 4) is 11.6 Å². The molecule has 5 rings (SSSR count). The minimum absolute atomic E-state index is 0.0316. The minimum Gasteiger partial charge on any atom is -0.453 e. The number of aromatic nitrogens is 3. The Morgan fingerprint density at radius 2 is 1.41 bits per heavy atom. The maximum atomic E-state index is 12.6. The summed E-state index contributed by atoms with van der Waals surface area (Å²) in [6, 6.07) is 13.7. The molecule has 4 heterocycles. The average Bonchev–Trinajstić information content (AvgIpc) is 3.40. The number of amides is 3. The van der Waals surface area contributed by atoms with Crippen LogP contribution >= 0.6 is 36.2 Å². The third kappa shape index (κ3) is 17.2. The van der Waals surface area contributed by atoms with Crippen molar-refractivity contribution < 1.29 is 81.5 Å². The summed E-state index contributed by atoms with van der Waals surface area (Å²) in [4.78, 5) is 44.4. The van der Waals surface area contributed by atoms with Gasteiger partial charge in [-0.25, -0.2) is 24.4 Å². The van der Waals surface area contributed by atoms with Gasteiger partial charge in [-0.05, 0) is 40.2 Å². The Kier molecular flexibility index (Phi) is 18.7. The fourth-order valence-electron chi connectivity index (χ4n) is 3.98. The molecule has 1 aromatic carbocycles. The number of hydroxylamine groups is 1. The number of fused-ring (bicyclic) bond motifs is 1. The van der Waals surface area contributed by atoms with Gasteiger partial charge in [0.05, 0.1) is 39.4 Å². The number of methoxy groups -OCH3 is 3. The minimum atomic E-state index is -5.05. The number of rotatable bonds is 5. The van der Waals surface area contributed by atoms with Crippen molar-refractivity contribution in [2.75, 3.05) is 42.0 Å². The van der Waals surface area contributed by atoms with Gasteiger partial charge in [0.25, 0.3) is 0 Å². The summed E-state index contributed by atoms with van der Waals surface area (Å²) in [6.45, 7) is 4.32. The first-order valence-corrected chi connectivity index (χ1v) is 20.4. The first-order valence-electron chi connectivity index (χ1n) is 15.5. The number of nitrogens with one attached hydrogen (secondary N) is 2. The second-order valence-corrected chi connectivity index (χ2v) is 15.7. The Labute approximate surface area is 345 Å². The summed E-state index contributed by atoms with van der Waals surface area (Å²) >= 11 is 1.88. The van der Waals surface area contributed by atoms with Gasteiger partial charge in [-0.1, -0.05) is 0 Å². The van der Waals surface area contributed by atoms with Crippen LogP contribution in [0.15, 0.2) is 71.6 Å². The zero-order valence-corrected chi connectivity index (χ0v) is 34.8. The van der Waals surface area contributed by atoms with Crippen LogP contribution in [0, 0.1) is 15.5 Å². The van der Waals surface area contributed by atoms with Crippen LogP contribution in [-0.2, 0) is 22.9 Å². The molecule has 0 atom stereocenters. The fraction of sp³-hybridized carbons (Fsp3) is 0.273. The van der Waals surface area contributed by atoms with Crippen LogP contribution in [0.2, 0.25) is 0 Å². The fourth-order valence-corrected chi connectivity index (χ4v) is 8.70. The molecule has 3 N–H and O–H groups in total. The zero-order valence-electron chi connectivity index (χ0n) is 31.0. The topological polar surface area (TPSA) is 193 Å². The molecule has 0 radical (unpaired) electrons. The number of pyridine rings is 3. The van der Waals surface area contributed by atoms with Crippen LogP contribution < -0.4 is 25.2 Å². The van der Waals surface area contributed by atoms with E-state index in [4.69, 9.17) is 3.07 Å². The Balaban J connectivity index is 0.000000274. The van der Waals surface area contributed by atoms with Gasteiger partial charge in [0.2, 0.25) is 17.8 Å². The monoisotopic (exact) mass is 1030 g/mol. The van der Waals surface area contributed by atoms with Gasteiger partial charge in [-0.3, -0.25) is 15.8 Å². The second kappa shape index (κ2) is 22.1. The molecule has 0 saturated heterocycles. The average molecular weight is 1030 g/mol. The quantitative estimate of drug-likeness (QED) is 0.0326. The maximum absolute atomic E-state index is 12.6. The van der Waals surface area contributed by atoms with Crippen molar-refractivity contribution in [1.29, 1.82) is 0 Å². The molecule has 0 aliphatic carbocycles. The van der Waals surface area contributed by atoms with Crippen LogP contribution in [0.1, 0.15) is 19.4 Å². The molecule has 59 heavy (non-hydrogen) atoms. The van der Waals surface area contributed by atoms with E-state index in [1.54, 1.807) is 6.07 Å². The first-order chi connectivity index (χ1) is 27.4. The number of benzene rings is 1. The predicted molar refractivity (Wildman–Crippen MR) is 202 cm³/mol. The number of hydrogen-bond donors (Lipinski definition) is 3. The van der Waals surface area contributed by atoms with E-state index in [1.165, 1.54) is 28.5 Å². The summed E-state index contributed by atoms with van der Waals surface area (Å²) in [6.07, 6.45) is -11.0. The van der Waals surface area contributed by atoms with Crippen LogP contribution in [0.3, 0.4) is 0 Å². The van der Waals surface area contributed by atoms with E-state index in [0.717, 1.165) is 26.4 Å². The maximum Gasteiger partial charge on any atom is 0.574 e. The van der Waals surface area contributed by atoms with E-state index in [9.17, 15) is 54.7 Å². The third-order valence-electron chi connectivity index (χ3n) is 6.36. The van der Waals surface area contributed by atoms with Gasteiger partial charge < -0.3 is 23.7 Å². The van der Waals surface area contributed by atoms with Crippen LogP contribution in [0.5, 0.6) is 11.6 Å². The summed E-state index contributed by atoms with van der Waals surface area (Å²) in [5.74, 6) is -4.39. The zero-order chi connectivity index (χ0) is 44.7. The van der Waals surface area contributed by atoms with Crippen molar-refractivity contribution in [3.05, 3.63) is 92.6 Å². The molecular formula is C33H32BrF8IN6O10. The number of nitrogens with zero attached hydrogens (tertiary/aromatic N) is 4. The molecular weight excluding hydrogens is 999 g/mol. The van der Waals surface area contributed by atoms with E-state index in [0.29, 0.717) is 21.9 Å². The van der Waals surface area contributed by atoms with Crippen LogP contribution in [0.25, 0.3) is 0 Å². The summed E-state index contributed by atoms with van der Waals surface area (Å²) in [7, 11) is 3.20. The third-order valence-corrected chi connectivity index (χ3v) is 11.2.